The van der Waals surface area contributed by atoms with Crippen LogP contribution in [0.25, 0.3) is 11.0 Å². The molecule has 1 fully saturated rings. The van der Waals surface area contributed by atoms with Crippen molar-refractivity contribution in [2.75, 3.05) is 60.3 Å². The number of benzene rings is 3. The quantitative estimate of drug-likeness (QED) is 0.214. The van der Waals surface area contributed by atoms with Crippen LogP contribution in [0.15, 0.2) is 85.3 Å². The Morgan fingerprint density at radius 2 is 1.66 bits per heavy atom. The number of aromatic nitrogens is 3. The second-order valence-electron chi connectivity index (χ2n) is 11.5. The van der Waals surface area contributed by atoms with Gasteiger partial charge in [-0.05, 0) is 68.1 Å². The summed E-state index contributed by atoms with van der Waals surface area (Å²) in [7, 11) is 3.54. The summed E-state index contributed by atoms with van der Waals surface area (Å²) >= 11 is 0. The smallest absolute Gasteiger partial charge is 0.369 e. The Kier molecular flexibility index (Phi) is 8.56. The summed E-state index contributed by atoms with van der Waals surface area (Å²) in [5.74, 6) is -0.254. The maximum absolute atomic E-state index is 14.3. The van der Waals surface area contributed by atoms with E-state index in [4.69, 9.17) is 0 Å². The highest BCUT2D eigenvalue weighted by Crippen LogP contribution is 2.36. The van der Waals surface area contributed by atoms with Gasteiger partial charge in [-0.2, -0.15) is 13.2 Å². The molecule has 2 N–H and O–H groups in total. The van der Waals surface area contributed by atoms with Gasteiger partial charge in [-0.25, -0.2) is 14.8 Å². The lowest BCUT2D eigenvalue weighted by molar-refractivity contribution is -0.137. The predicted molar refractivity (Wildman–Crippen MR) is 177 cm³/mol. The number of aryl methyl sites for hydroxylation is 1. The molecule has 10 nitrogen and oxygen atoms in total. The van der Waals surface area contributed by atoms with Crippen LogP contribution in [0.4, 0.5) is 46.5 Å². The molecule has 47 heavy (non-hydrogen) atoms. The van der Waals surface area contributed by atoms with E-state index in [0.717, 1.165) is 12.1 Å². The van der Waals surface area contributed by atoms with Gasteiger partial charge in [0.25, 0.3) is 5.91 Å². The lowest BCUT2D eigenvalue weighted by Crippen LogP contribution is -2.44. The maximum Gasteiger partial charge on any atom is 0.416 e. The molecule has 3 aromatic carbocycles. The van der Waals surface area contributed by atoms with Crippen LogP contribution in [-0.4, -0.2) is 72.1 Å². The Bertz CT molecular complexity index is 1920. The topological polar surface area (TPSA) is 101 Å². The molecule has 242 valence electrons. The molecular formula is C34H33F3N8O2. The van der Waals surface area contributed by atoms with Crippen LogP contribution >= 0.6 is 0 Å². The number of nitrogens with one attached hydrogen (secondary N) is 2. The molecule has 0 unspecified atom stereocenters. The van der Waals surface area contributed by atoms with Crippen LogP contribution in [0, 0.1) is 6.92 Å². The molecule has 0 aliphatic carbocycles. The highest BCUT2D eigenvalue weighted by molar-refractivity contribution is 6.12. The molecule has 3 heterocycles. The van der Waals surface area contributed by atoms with E-state index in [2.05, 4.69) is 25.2 Å². The second-order valence-corrected chi connectivity index (χ2v) is 11.5. The van der Waals surface area contributed by atoms with Crippen molar-refractivity contribution in [1.29, 1.82) is 0 Å². The van der Waals surface area contributed by atoms with Gasteiger partial charge in [-0.15, -0.1) is 0 Å². The summed E-state index contributed by atoms with van der Waals surface area (Å²) in [5.41, 5.74) is 1.84. The van der Waals surface area contributed by atoms with E-state index in [1.807, 2.05) is 11.9 Å². The van der Waals surface area contributed by atoms with E-state index in [-0.39, 0.29) is 5.56 Å². The first-order chi connectivity index (χ1) is 22.5. The van der Waals surface area contributed by atoms with E-state index in [1.165, 1.54) is 22.2 Å². The monoisotopic (exact) mass is 642 g/mol. The summed E-state index contributed by atoms with van der Waals surface area (Å²) in [4.78, 5) is 45.9. The fourth-order valence-corrected chi connectivity index (χ4v) is 5.54. The number of H-pyrrole nitrogens is 1. The Labute approximate surface area is 269 Å². The number of amides is 3. The van der Waals surface area contributed by atoms with Crippen molar-refractivity contribution in [1.82, 2.24) is 19.9 Å². The van der Waals surface area contributed by atoms with Crippen LogP contribution in [0.3, 0.4) is 0 Å². The van der Waals surface area contributed by atoms with Crippen molar-refractivity contribution in [2.24, 2.45) is 0 Å². The predicted octanol–water partition coefficient (Wildman–Crippen LogP) is 6.68. The zero-order valence-electron chi connectivity index (χ0n) is 26.0. The largest absolute Gasteiger partial charge is 0.416 e. The number of anilines is 5. The van der Waals surface area contributed by atoms with Crippen LogP contribution < -0.4 is 20.0 Å². The number of fused-ring (bicyclic) bond motifs is 1. The first-order valence-corrected chi connectivity index (χ1v) is 15.0. The van der Waals surface area contributed by atoms with Crippen molar-refractivity contribution in [3.8, 4) is 0 Å². The third kappa shape index (κ3) is 6.61. The Hall–Kier alpha value is -5.43. The summed E-state index contributed by atoms with van der Waals surface area (Å²) in [5, 5.41) is 3.56. The zero-order valence-corrected chi connectivity index (χ0v) is 26.0. The molecule has 3 amide bonds. The fraction of sp³-hybridized carbons (Fsp3) is 0.235. The maximum atomic E-state index is 14.3. The van der Waals surface area contributed by atoms with E-state index in [0.29, 0.717) is 71.3 Å². The number of hydrogen-bond acceptors (Lipinski definition) is 6. The Morgan fingerprint density at radius 1 is 0.915 bits per heavy atom. The molecule has 0 spiro atoms. The number of nitrogens with zero attached hydrogens (tertiary/aromatic N) is 6. The number of alkyl halides is 3. The number of carbonyl (C=O) groups is 2. The van der Waals surface area contributed by atoms with Gasteiger partial charge in [0, 0.05) is 62.0 Å². The number of hydrogen-bond donors (Lipinski definition) is 2. The number of likely N-dealkylation sites (N-methyl/N-ethyl adjacent to an activating group) is 1. The highest BCUT2D eigenvalue weighted by Gasteiger charge is 2.34. The molecule has 1 aliphatic heterocycles. The molecular weight excluding hydrogens is 609 g/mol. The van der Waals surface area contributed by atoms with Crippen molar-refractivity contribution in [3.05, 3.63) is 102 Å². The number of halogens is 3. The van der Waals surface area contributed by atoms with Gasteiger partial charge in [0.05, 0.1) is 16.6 Å². The molecule has 1 saturated heterocycles. The molecule has 2 aromatic heterocycles. The third-order valence-electron chi connectivity index (χ3n) is 8.25. The van der Waals surface area contributed by atoms with Crippen molar-refractivity contribution < 1.29 is 22.8 Å². The van der Waals surface area contributed by atoms with E-state index < -0.39 is 23.7 Å². The highest BCUT2D eigenvalue weighted by atomic mass is 19.4. The van der Waals surface area contributed by atoms with Gasteiger partial charge < -0.3 is 20.1 Å². The molecule has 0 bridgehead atoms. The van der Waals surface area contributed by atoms with E-state index >= 15 is 0 Å². The minimum atomic E-state index is -4.65. The Morgan fingerprint density at radius 3 is 2.38 bits per heavy atom. The number of aromatic amines is 1. The molecule has 0 radical (unpaired) electrons. The fourth-order valence-electron chi connectivity index (χ4n) is 5.54. The lowest BCUT2D eigenvalue weighted by Gasteiger charge is -2.34. The summed E-state index contributed by atoms with van der Waals surface area (Å²) in [6, 6.07) is 18.6. The minimum Gasteiger partial charge on any atom is -0.369 e. The SMILES string of the molecule is Cc1ccc(N(C(=O)c2cc(N3CCN(C)CC3)cc(C(F)(F)F)c2)c2ccccc2)cc1NC(=O)N(C)c1ncnc2[nH]ccc12. The minimum absolute atomic E-state index is 0.109. The van der Waals surface area contributed by atoms with E-state index in [1.54, 1.807) is 74.8 Å². The lowest BCUT2D eigenvalue weighted by atomic mass is 10.0. The first kappa shape index (κ1) is 31.5. The number of urea groups is 1. The number of carbonyl (C=O) groups excluding carboxylic acids is 2. The molecule has 1 aliphatic rings. The number of rotatable bonds is 6. The van der Waals surface area contributed by atoms with Gasteiger partial charge >= 0.3 is 12.2 Å². The van der Waals surface area contributed by atoms with Gasteiger partial charge in [-0.3, -0.25) is 14.6 Å². The number of piperazine rings is 1. The van der Waals surface area contributed by atoms with Crippen molar-refractivity contribution in [2.45, 2.75) is 13.1 Å². The Balaban J connectivity index is 1.37. The average molecular weight is 643 g/mol. The summed E-state index contributed by atoms with van der Waals surface area (Å²) in [6.45, 7) is 4.26. The summed E-state index contributed by atoms with van der Waals surface area (Å²) in [6.07, 6.45) is -1.59. The number of para-hydroxylation sites is 1. The van der Waals surface area contributed by atoms with Gasteiger partial charge in [0.2, 0.25) is 0 Å². The summed E-state index contributed by atoms with van der Waals surface area (Å²) < 4.78 is 42.5. The average Bonchev–Trinajstić information content (AvgIpc) is 3.55. The zero-order chi connectivity index (χ0) is 33.3. The molecule has 5 aromatic rings. The van der Waals surface area contributed by atoms with Crippen molar-refractivity contribution >= 4 is 51.5 Å². The normalized spacial score (nSPS) is 13.9. The molecule has 13 heteroatoms. The van der Waals surface area contributed by atoms with Crippen molar-refractivity contribution in [3.63, 3.8) is 0 Å². The van der Waals surface area contributed by atoms with Crippen LogP contribution in [0.5, 0.6) is 0 Å². The van der Waals surface area contributed by atoms with Gasteiger partial charge in [-0.1, -0.05) is 24.3 Å². The molecule has 6 rings (SSSR count). The van der Waals surface area contributed by atoms with Crippen LogP contribution in [0.1, 0.15) is 21.5 Å². The second kappa shape index (κ2) is 12.8. The van der Waals surface area contributed by atoms with E-state index in [9.17, 15) is 22.8 Å². The molecule has 0 atom stereocenters. The van der Waals surface area contributed by atoms with Gasteiger partial charge in [0.15, 0.2) is 0 Å². The first-order valence-electron chi connectivity index (χ1n) is 15.0. The van der Waals surface area contributed by atoms with Crippen LogP contribution in [-0.2, 0) is 6.18 Å². The van der Waals surface area contributed by atoms with Gasteiger partial charge in [0.1, 0.15) is 17.8 Å². The third-order valence-corrected chi connectivity index (χ3v) is 8.25. The van der Waals surface area contributed by atoms with Crippen LogP contribution in [0.2, 0.25) is 0 Å². The standard InChI is InChI=1S/C34H33F3N8O2/c1-22-9-10-26(20-29(22)41-33(47)43(3)31-28-11-12-38-30(28)39-21-40-31)45(25-7-5-4-6-8-25)32(46)23-17-24(34(35,36)37)19-27(18-23)44-15-13-42(2)14-16-44/h4-12,17-21H,13-16H2,1-3H3,(H,41,47)(H,38,39,40). The molecule has 0 saturated carbocycles.